The predicted octanol–water partition coefficient (Wildman–Crippen LogP) is 0.304. The Bertz CT molecular complexity index is 194. The molecule has 1 aliphatic heterocycles. The molecule has 3 heteroatoms. The lowest BCUT2D eigenvalue weighted by molar-refractivity contribution is -0.127. The van der Waals surface area contributed by atoms with E-state index < -0.39 is 0 Å². The molecule has 1 amide bonds. The Morgan fingerprint density at radius 3 is 2.70 bits per heavy atom. The van der Waals surface area contributed by atoms with Crippen molar-refractivity contribution in [3.05, 3.63) is 23.6 Å². The smallest absolute Gasteiger partial charge is 0.303 e. The monoisotopic (exact) mass is 136 g/mol. The van der Waals surface area contributed by atoms with Gasteiger partial charge in [0, 0.05) is 13.1 Å². The van der Waals surface area contributed by atoms with Crippen molar-refractivity contribution in [2.45, 2.75) is 0 Å². The fourth-order valence-corrected chi connectivity index (χ4v) is 0.849. The Kier molecular flexibility index (Phi) is 2.06. The average Bonchev–Trinajstić information content (AvgIpc) is 2.38. The third kappa shape index (κ3) is 1.35. The van der Waals surface area contributed by atoms with E-state index >= 15 is 0 Å². The first kappa shape index (κ1) is 6.81. The van der Waals surface area contributed by atoms with Crippen molar-refractivity contribution in [2.24, 2.45) is 0 Å². The Hall–Kier alpha value is -1.30. The van der Waals surface area contributed by atoms with Gasteiger partial charge in [0.1, 0.15) is 0 Å². The summed E-state index contributed by atoms with van der Waals surface area (Å²) in [5.74, 6) is -0.0694. The van der Waals surface area contributed by atoms with Gasteiger partial charge in [-0.15, -0.1) is 0 Å². The molecule has 0 spiro atoms. The third-order valence-electron chi connectivity index (χ3n) is 1.39. The maximum Gasteiger partial charge on any atom is 0.303 e. The molecule has 1 rings (SSSR count). The van der Waals surface area contributed by atoms with Crippen molar-refractivity contribution in [2.75, 3.05) is 19.6 Å². The molecule has 0 N–H and O–H groups in total. The molecule has 10 heavy (non-hydrogen) atoms. The van der Waals surface area contributed by atoms with Crippen molar-refractivity contribution in [1.29, 1.82) is 0 Å². The largest absolute Gasteiger partial charge is 0.329 e. The minimum atomic E-state index is -0.0694. The standard InChI is InChI=1S/C7H8N2O/c1-8-6-7(10)9-4-2-3-5-9/h2-3H,4-6H2. The summed E-state index contributed by atoms with van der Waals surface area (Å²) in [7, 11) is 0. The van der Waals surface area contributed by atoms with Crippen molar-refractivity contribution in [3.63, 3.8) is 0 Å². The number of hydrogen-bond acceptors (Lipinski definition) is 1. The van der Waals surface area contributed by atoms with Gasteiger partial charge in [-0.05, 0) is 0 Å². The topological polar surface area (TPSA) is 24.7 Å². The zero-order chi connectivity index (χ0) is 7.40. The van der Waals surface area contributed by atoms with Crippen LogP contribution < -0.4 is 0 Å². The fraction of sp³-hybridized carbons (Fsp3) is 0.429. The highest BCUT2D eigenvalue weighted by Crippen LogP contribution is 1.98. The van der Waals surface area contributed by atoms with E-state index in [1.54, 1.807) is 4.90 Å². The molecule has 0 fully saturated rings. The van der Waals surface area contributed by atoms with Crippen LogP contribution in [0.2, 0.25) is 0 Å². The van der Waals surface area contributed by atoms with Crippen LogP contribution in [0.25, 0.3) is 4.85 Å². The zero-order valence-electron chi connectivity index (χ0n) is 5.58. The van der Waals surface area contributed by atoms with E-state index in [-0.39, 0.29) is 12.5 Å². The van der Waals surface area contributed by atoms with Gasteiger partial charge < -0.3 is 9.74 Å². The fourth-order valence-electron chi connectivity index (χ4n) is 0.849. The molecule has 0 saturated carbocycles. The van der Waals surface area contributed by atoms with Gasteiger partial charge in [-0.2, -0.15) is 0 Å². The molecular formula is C7H8N2O. The molecule has 0 aromatic carbocycles. The van der Waals surface area contributed by atoms with Crippen LogP contribution >= 0.6 is 0 Å². The lowest BCUT2D eigenvalue weighted by Crippen LogP contribution is -2.29. The first-order chi connectivity index (χ1) is 4.84. The van der Waals surface area contributed by atoms with E-state index in [0.717, 1.165) is 0 Å². The SMILES string of the molecule is [C-]#[N+]CC(=O)N1CC=CC1. The zero-order valence-corrected chi connectivity index (χ0v) is 5.58. The molecule has 1 aliphatic rings. The third-order valence-corrected chi connectivity index (χ3v) is 1.39. The molecular weight excluding hydrogens is 128 g/mol. The van der Waals surface area contributed by atoms with E-state index in [9.17, 15) is 4.79 Å². The second kappa shape index (κ2) is 3.02. The summed E-state index contributed by atoms with van der Waals surface area (Å²) in [4.78, 5) is 15.6. The minimum absolute atomic E-state index is 0.0122. The van der Waals surface area contributed by atoms with Gasteiger partial charge in [0.2, 0.25) is 0 Å². The first-order valence-electron chi connectivity index (χ1n) is 3.10. The molecule has 0 saturated heterocycles. The van der Waals surface area contributed by atoms with Crippen LogP contribution in [0.3, 0.4) is 0 Å². The van der Waals surface area contributed by atoms with Crippen LogP contribution in [0.1, 0.15) is 0 Å². The molecule has 0 radical (unpaired) electrons. The maximum atomic E-state index is 10.9. The van der Waals surface area contributed by atoms with Gasteiger partial charge in [0.05, 0.1) is 0 Å². The van der Waals surface area contributed by atoms with Crippen molar-refractivity contribution in [1.82, 2.24) is 4.90 Å². The normalized spacial score (nSPS) is 15.3. The molecule has 0 atom stereocenters. The van der Waals surface area contributed by atoms with E-state index in [0.29, 0.717) is 13.1 Å². The highest BCUT2D eigenvalue weighted by molar-refractivity contribution is 5.80. The van der Waals surface area contributed by atoms with Crippen molar-refractivity contribution in [3.8, 4) is 0 Å². The van der Waals surface area contributed by atoms with Crippen LogP contribution in [0.5, 0.6) is 0 Å². The number of nitrogens with zero attached hydrogens (tertiary/aromatic N) is 2. The molecule has 0 unspecified atom stereocenters. The summed E-state index contributed by atoms with van der Waals surface area (Å²) in [5.41, 5.74) is 0. The van der Waals surface area contributed by atoms with E-state index in [1.807, 2.05) is 12.2 Å². The highest BCUT2D eigenvalue weighted by atomic mass is 16.2. The predicted molar refractivity (Wildman–Crippen MR) is 37.2 cm³/mol. The van der Waals surface area contributed by atoms with Crippen LogP contribution in [-0.4, -0.2) is 30.4 Å². The Morgan fingerprint density at radius 1 is 1.60 bits per heavy atom. The molecule has 0 bridgehead atoms. The quantitative estimate of drug-likeness (QED) is 0.376. The molecule has 3 nitrogen and oxygen atoms in total. The number of rotatable bonds is 1. The van der Waals surface area contributed by atoms with Crippen LogP contribution in [-0.2, 0) is 4.79 Å². The van der Waals surface area contributed by atoms with Crippen LogP contribution in [0, 0.1) is 6.57 Å². The van der Waals surface area contributed by atoms with Crippen molar-refractivity contribution >= 4 is 5.91 Å². The number of carbonyl (C=O) groups excluding carboxylic acids is 1. The summed E-state index contributed by atoms with van der Waals surface area (Å²) in [5, 5.41) is 0. The molecule has 1 heterocycles. The van der Waals surface area contributed by atoms with Gasteiger partial charge in [0.25, 0.3) is 6.54 Å². The number of amides is 1. The van der Waals surface area contributed by atoms with Gasteiger partial charge in [-0.1, -0.05) is 12.2 Å². The van der Waals surface area contributed by atoms with Gasteiger partial charge >= 0.3 is 5.91 Å². The maximum absolute atomic E-state index is 10.9. The van der Waals surface area contributed by atoms with Crippen molar-refractivity contribution < 1.29 is 4.79 Å². The van der Waals surface area contributed by atoms with Crippen LogP contribution in [0.4, 0.5) is 0 Å². The van der Waals surface area contributed by atoms with Crippen LogP contribution in [0.15, 0.2) is 12.2 Å². The second-order valence-corrected chi connectivity index (χ2v) is 2.09. The lowest BCUT2D eigenvalue weighted by atomic mass is 10.5. The minimum Gasteiger partial charge on any atom is -0.329 e. The molecule has 0 aromatic rings. The molecule has 0 aromatic heterocycles. The summed E-state index contributed by atoms with van der Waals surface area (Å²) in [6.07, 6.45) is 3.86. The Labute approximate surface area is 59.8 Å². The van der Waals surface area contributed by atoms with Gasteiger partial charge in [-0.25, -0.2) is 6.57 Å². The van der Waals surface area contributed by atoms with E-state index in [2.05, 4.69) is 4.85 Å². The second-order valence-electron chi connectivity index (χ2n) is 2.09. The molecule has 0 aliphatic carbocycles. The average molecular weight is 136 g/mol. The lowest BCUT2D eigenvalue weighted by Gasteiger charge is -2.10. The number of hydrogen-bond donors (Lipinski definition) is 0. The van der Waals surface area contributed by atoms with E-state index in [1.165, 1.54) is 0 Å². The number of carbonyl (C=O) groups is 1. The summed E-state index contributed by atoms with van der Waals surface area (Å²) >= 11 is 0. The van der Waals surface area contributed by atoms with Gasteiger partial charge in [-0.3, -0.25) is 4.79 Å². The Balaban J connectivity index is 2.37. The van der Waals surface area contributed by atoms with Gasteiger partial charge in [0.15, 0.2) is 0 Å². The highest BCUT2D eigenvalue weighted by Gasteiger charge is 2.15. The van der Waals surface area contributed by atoms with E-state index in [4.69, 9.17) is 6.57 Å². The first-order valence-corrected chi connectivity index (χ1v) is 3.10. The Morgan fingerprint density at radius 2 is 2.20 bits per heavy atom. The molecule has 52 valence electrons. The summed E-state index contributed by atoms with van der Waals surface area (Å²) < 4.78 is 0. The summed E-state index contributed by atoms with van der Waals surface area (Å²) in [6.45, 7) is 7.79. The summed E-state index contributed by atoms with van der Waals surface area (Å²) in [6, 6.07) is 0.